The lowest BCUT2D eigenvalue weighted by Crippen LogP contribution is -2.38. The third-order valence-electron chi connectivity index (χ3n) is 5.19. The highest BCUT2D eigenvalue weighted by Crippen LogP contribution is 2.38. The second kappa shape index (κ2) is 7.51. The summed E-state index contributed by atoms with van der Waals surface area (Å²) >= 11 is 0. The van der Waals surface area contributed by atoms with E-state index in [-0.39, 0.29) is 24.3 Å². The zero-order chi connectivity index (χ0) is 18.7. The average molecular weight is 359 g/mol. The predicted octanol–water partition coefficient (Wildman–Crippen LogP) is 0.417. The first-order chi connectivity index (χ1) is 12.5. The smallest absolute Gasteiger partial charge is 0.290 e. The van der Waals surface area contributed by atoms with Gasteiger partial charge in [-0.25, -0.2) is 9.50 Å². The van der Waals surface area contributed by atoms with Gasteiger partial charge in [0.15, 0.2) is 11.3 Å². The summed E-state index contributed by atoms with van der Waals surface area (Å²) in [6.07, 6.45) is 5.64. The lowest BCUT2D eigenvalue weighted by molar-refractivity contribution is -0.124. The fourth-order valence-corrected chi connectivity index (χ4v) is 3.87. The Morgan fingerprint density at radius 1 is 1.42 bits per heavy atom. The molecule has 0 unspecified atom stereocenters. The van der Waals surface area contributed by atoms with E-state index in [2.05, 4.69) is 15.4 Å². The highest BCUT2D eigenvalue weighted by atomic mass is 16.3. The van der Waals surface area contributed by atoms with Gasteiger partial charge in [0.2, 0.25) is 5.91 Å². The van der Waals surface area contributed by atoms with Crippen molar-refractivity contribution < 1.29 is 19.5 Å². The minimum absolute atomic E-state index is 0.0702. The van der Waals surface area contributed by atoms with Crippen molar-refractivity contribution in [2.75, 3.05) is 13.6 Å². The standard InChI is InChI=1S/C16H19N5O2.CH2O2/c1-20(12-5-10-7-15(22)18-8-11(10)6-12)16(23)13-9-17-14-3-2-4-19-21(13)14;2-1-3/h2-4,9-12H,5-8H2,1H3,(H,18,22);1H,(H,2,3)/t10-,11+,12-;/m0./s1. The molecule has 0 spiro atoms. The van der Waals surface area contributed by atoms with E-state index in [0.717, 1.165) is 19.4 Å². The van der Waals surface area contributed by atoms with Gasteiger partial charge in [0.1, 0.15) is 0 Å². The molecule has 1 aliphatic carbocycles. The molecule has 3 atom stereocenters. The molecule has 1 saturated carbocycles. The molecule has 2 N–H and O–H groups in total. The van der Waals surface area contributed by atoms with Crippen molar-refractivity contribution in [2.45, 2.75) is 25.3 Å². The topological polar surface area (TPSA) is 117 Å². The number of amides is 2. The first-order valence-corrected chi connectivity index (χ1v) is 8.45. The van der Waals surface area contributed by atoms with Crippen LogP contribution in [0, 0.1) is 11.8 Å². The maximum Gasteiger partial charge on any atom is 0.290 e. The molecule has 2 aliphatic rings. The van der Waals surface area contributed by atoms with Gasteiger partial charge in [0.05, 0.1) is 6.20 Å². The molecule has 1 saturated heterocycles. The Bertz CT molecular complexity index is 820. The van der Waals surface area contributed by atoms with Gasteiger partial charge in [-0.2, -0.15) is 5.10 Å². The van der Waals surface area contributed by atoms with E-state index in [1.54, 1.807) is 27.9 Å². The zero-order valence-electron chi connectivity index (χ0n) is 14.4. The number of hydrogen-bond donors (Lipinski definition) is 2. The quantitative estimate of drug-likeness (QED) is 0.751. The van der Waals surface area contributed by atoms with Crippen molar-refractivity contribution in [2.24, 2.45) is 11.8 Å². The van der Waals surface area contributed by atoms with Crippen LogP contribution in [0.5, 0.6) is 0 Å². The Morgan fingerprint density at radius 3 is 2.92 bits per heavy atom. The van der Waals surface area contributed by atoms with Gasteiger partial charge >= 0.3 is 0 Å². The lowest BCUT2D eigenvalue weighted by atomic mass is 9.89. The molecule has 0 radical (unpaired) electrons. The molecule has 3 heterocycles. The van der Waals surface area contributed by atoms with E-state index in [1.807, 2.05) is 13.1 Å². The van der Waals surface area contributed by atoms with E-state index < -0.39 is 0 Å². The van der Waals surface area contributed by atoms with Crippen molar-refractivity contribution >= 4 is 23.9 Å². The maximum atomic E-state index is 12.8. The molecule has 1 aliphatic heterocycles. The van der Waals surface area contributed by atoms with Crippen molar-refractivity contribution in [3.05, 3.63) is 30.2 Å². The molecule has 9 nitrogen and oxygen atoms in total. The molecule has 9 heteroatoms. The highest BCUT2D eigenvalue weighted by molar-refractivity contribution is 5.93. The lowest BCUT2D eigenvalue weighted by Gasteiger charge is -2.24. The number of carbonyl (C=O) groups excluding carboxylic acids is 2. The number of nitrogens with zero attached hydrogens (tertiary/aromatic N) is 4. The molecule has 2 aromatic heterocycles. The summed E-state index contributed by atoms with van der Waals surface area (Å²) in [5.41, 5.74) is 1.14. The number of piperidine rings is 1. The van der Waals surface area contributed by atoms with Crippen molar-refractivity contribution in [3.63, 3.8) is 0 Å². The minimum Gasteiger partial charge on any atom is -0.483 e. The molecule has 26 heavy (non-hydrogen) atoms. The van der Waals surface area contributed by atoms with Gasteiger partial charge in [0.25, 0.3) is 12.4 Å². The van der Waals surface area contributed by atoms with Gasteiger partial charge in [-0.05, 0) is 36.8 Å². The molecule has 2 amide bonds. The third-order valence-corrected chi connectivity index (χ3v) is 5.19. The number of carbonyl (C=O) groups is 3. The van der Waals surface area contributed by atoms with Crippen LogP contribution in [0.15, 0.2) is 24.5 Å². The maximum absolute atomic E-state index is 12.8. The Morgan fingerprint density at radius 2 is 2.15 bits per heavy atom. The molecule has 138 valence electrons. The van der Waals surface area contributed by atoms with E-state index in [9.17, 15) is 9.59 Å². The Kier molecular flexibility index (Phi) is 5.15. The van der Waals surface area contributed by atoms with E-state index in [0.29, 0.717) is 29.6 Å². The average Bonchev–Trinajstić information content (AvgIpc) is 3.24. The van der Waals surface area contributed by atoms with Crippen LogP contribution in [0.25, 0.3) is 5.65 Å². The summed E-state index contributed by atoms with van der Waals surface area (Å²) in [5, 5.41) is 14.0. The number of hydrogen-bond acceptors (Lipinski definition) is 5. The van der Waals surface area contributed by atoms with Crippen LogP contribution in [0.2, 0.25) is 0 Å². The van der Waals surface area contributed by atoms with Crippen molar-refractivity contribution in [3.8, 4) is 0 Å². The number of imidazole rings is 1. The van der Waals surface area contributed by atoms with Gasteiger partial charge < -0.3 is 15.3 Å². The number of carboxylic acid groups (broad SMARTS) is 1. The molecular weight excluding hydrogens is 338 g/mol. The van der Waals surface area contributed by atoms with Crippen LogP contribution in [-0.2, 0) is 9.59 Å². The molecule has 4 rings (SSSR count). The number of aromatic nitrogens is 3. The third kappa shape index (κ3) is 3.37. The van der Waals surface area contributed by atoms with Crippen LogP contribution in [0.4, 0.5) is 0 Å². The molecule has 0 bridgehead atoms. The van der Waals surface area contributed by atoms with E-state index in [4.69, 9.17) is 9.90 Å². The van der Waals surface area contributed by atoms with Crippen molar-refractivity contribution in [1.29, 1.82) is 0 Å². The van der Waals surface area contributed by atoms with Crippen LogP contribution in [0.3, 0.4) is 0 Å². The van der Waals surface area contributed by atoms with Gasteiger partial charge in [-0.1, -0.05) is 0 Å². The van der Waals surface area contributed by atoms with Crippen LogP contribution in [0.1, 0.15) is 29.8 Å². The second-order valence-electron chi connectivity index (χ2n) is 6.61. The summed E-state index contributed by atoms with van der Waals surface area (Å²) in [6, 6.07) is 3.79. The first-order valence-electron chi connectivity index (χ1n) is 8.45. The van der Waals surface area contributed by atoms with Crippen LogP contribution < -0.4 is 5.32 Å². The Balaban J connectivity index is 0.000000613. The summed E-state index contributed by atoms with van der Waals surface area (Å²) in [5.74, 6) is 0.934. The van der Waals surface area contributed by atoms with Crippen LogP contribution >= 0.6 is 0 Å². The second-order valence-corrected chi connectivity index (χ2v) is 6.61. The fourth-order valence-electron chi connectivity index (χ4n) is 3.87. The number of fused-ring (bicyclic) bond motifs is 2. The SMILES string of the molecule is CN(C(=O)c1cnc2cccnn12)[C@H]1C[C@H]2CC(=O)NC[C@H]2C1.O=CO. The highest BCUT2D eigenvalue weighted by Gasteiger charge is 2.41. The molecule has 2 fully saturated rings. The summed E-state index contributed by atoms with van der Waals surface area (Å²) in [4.78, 5) is 38.7. The summed E-state index contributed by atoms with van der Waals surface area (Å²) < 4.78 is 1.58. The monoisotopic (exact) mass is 359 g/mol. The zero-order valence-corrected chi connectivity index (χ0v) is 14.4. The molecule has 0 aromatic carbocycles. The van der Waals surface area contributed by atoms with Crippen molar-refractivity contribution in [1.82, 2.24) is 24.8 Å². The summed E-state index contributed by atoms with van der Waals surface area (Å²) in [6.45, 7) is 0.485. The fraction of sp³-hybridized carbons (Fsp3) is 0.471. The first kappa shape index (κ1) is 17.8. The normalized spacial score (nSPS) is 24.2. The van der Waals surface area contributed by atoms with E-state index in [1.165, 1.54) is 0 Å². The summed E-state index contributed by atoms with van der Waals surface area (Å²) in [7, 11) is 1.84. The van der Waals surface area contributed by atoms with E-state index >= 15 is 0 Å². The Hall–Kier alpha value is -2.97. The predicted molar refractivity (Wildman–Crippen MR) is 91.4 cm³/mol. The molecular formula is C17H21N5O4. The minimum atomic E-state index is -0.250. The number of rotatable bonds is 2. The molecule has 2 aromatic rings. The number of nitrogens with one attached hydrogen (secondary N) is 1. The van der Waals surface area contributed by atoms with Gasteiger partial charge in [0, 0.05) is 32.3 Å². The van der Waals surface area contributed by atoms with Crippen LogP contribution in [-0.4, -0.2) is 62.5 Å². The van der Waals surface area contributed by atoms with Gasteiger partial charge in [-0.3, -0.25) is 14.4 Å². The Labute approximate surface area is 150 Å². The van der Waals surface area contributed by atoms with Gasteiger partial charge in [-0.15, -0.1) is 0 Å². The largest absolute Gasteiger partial charge is 0.483 e.